The molecule has 5 nitrogen and oxygen atoms in total. The molecule has 1 heterocycles. The summed E-state index contributed by atoms with van der Waals surface area (Å²) in [5, 5.41) is 0. The molecule has 1 unspecified atom stereocenters. The van der Waals surface area contributed by atoms with Crippen LogP contribution in [0.5, 0.6) is 0 Å². The van der Waals surface area contributed by atoms with Crippen molar-refractivity contribution in [2.75, 3.05) is 27.4 Å². The zero-order valence-electron chi connectivity index (χ0n) is 10.5. The van der Waals surface area contributed by atoms with Crippen LogP contribution < -0.4 is 4.72 Å². The first-order valence-corrected chi connectivity index (χ1v) is 8.93. The van der Waals surface area contributed by atoms with Gasteiger partial charge in [0.05, 0.1) is 22.4 Å². The van der Waals surface area contributed by atoms with Gasteiger partial charge in [0.2, 0.25) is 10.0 Å². The van der Waals surface area contributed by atoms with Crippen LogP contribution in [0.15, 0.2) is 14.7 Å². The molecule has 0 radical (unpaired) electrons. The van der Waals surface area contributed by atoms with Gasteiger partial charge in [-0.05, 0) is 22.0 Å². The number of methoxy groups -OCH3 is 2. The molecule has 0 saturated heterocycles. The molecule has 0 amide bonds. The molecule has 1 aromatic heterocycles. The monoisotopic (exact) mass is 391 g/mol. The molecule has 0 spiro atoms. The van der Waals surface area contributed by atoms with Crippen LogP contribution >= 0.6 is 38.9 Å². The normalized spacial score (nSPS) is 13.7. The number of rotatable bonds is 8. The molecule has 1 N–H and O–H groups in total. The van der Waals surface area contributed by atoms with Crippen molar-refractivity contribution >= 4 is 48.9 Å². The van der Waals surface area contributed by atoms with E-state index in [1.54, 1.807) is 6.07 Å². The molecule has 0 aliphatic carbocycles. The fraction of sp³-hybridized carbons (Fsp3) is 0.600. The maximum atomic E-state index is 12.1. The van der Waals surface area contributed by atoms with E-state index in [-0.39, 0.29) is 23.4 Å². The van der Waals surface area contributed by atoms with Gasteiger partial charge < -0.3 is 9.47 Å². The maximum absolute atomic E-state index is 12.1. The van der Waals surface area contributed by atoms with Crippen LogP contribution in [0, 0.1) is 0 Å². The van der Waals surface area contributed by atoms with Gasteiger partial charge >= 0.3 is 0 Å². The minimum atomic E-state index is -3.58. The lowest BCUT2D eigenvalue weighted by atomic mass is 10.4. The summed E-state index contributed by atoms with van der Waals surface area (Å²) in [7, 11) is -0.550. The summed E-state index contributed by atoms with van der Waals surface area (Å²) >= 11 is 10.2. The summed E-state index contributed by atoms with van der Waals surface area (Å²) in [6, 6.07) is 1.56. The number of sulfonamides is 1. The Morgan fingerprint density at radius 1 is 1.53 bits per heavy atom. The highest BCUT2D eigenvalue weighted by molar-refractivity contribution is 9.11. The van der Waals surface area contributed by atoms with Crippen molar-refractivity contribution in [1.82, 2.24) is 4.72 Å². The largest absolute Gasteiger partial charge is 0.382 e. The number of alkyl halides is 1. The Balaban J connectivity index is 2.77. The molecule has 110 valence electrons. The molecule has 0 aliphatic heterocycles. The molecular formula is C10H15BrClNO4S2. The summed E-state index contributed by atoms with van der Waals surface area (Å²) in [6.07, 6.45) is -0.329. The van der Waals surface area contributed by atoms with Gasteiger partial charge in [0.25, 0.3) is 0 Å². The number of ether oxygens (including phenoxy) is 2. The molecule has 0 fully saturated rings. The summed E-state index contributed by atoms with van der Waals surface area (Å²) in [5.41, 5.74) is 0. The number of hydrogen-bond acceptors (Lipinski definition) is 5. The van der Waals surface area contributed by atoms with Crippen molar-refractivity contribution in [2.45, 2.75) is 16.9 Å². The van der Waals surface area contributed by atoms with Gasteiger partial charge in [0.1, 0.15) is 4.90 Å². The quantitative estimate of drug-likeness (QED) is 0.689. The Bertz CT molecular complexity index is 506. The van der Waals surface area contributed by atoms with Crippen molar-refractivity contribution in [3.63, 3.8) is 0 Å². The van der Waals surface area contributed by atoms with Crippen molar-refractivity contribution in [2.24, 2.45) is 0 Å². The molecule has 1 atom stereocenters. The molecule has 1 rings (SSSR count). The Morgan fingerprint density at radius 2 is 2.21 bits per heavy atom. The minimum Gasteiger partial charge on any atom is -0.382 e. The van der Waals surface area contributed by atoms with Crippen LogP contribution in [0.25, 0.3) is 0 Å². The smallest absolute Gasteiger partial charge is 0.242 e. The summed E-state index contributed by atoms with van der Waals surface area (Å²) in [4.78, 5) is 0.981. The van der Waals surface area contributed by atoms with Gasteiger partial charge in [-0.25, -0.2) is 13.1 Å². The zero-order valence-corrected chi connectivity index (χ0v) is 14.5. The second kappa shape index (κ2) is 7.92. The van der Waals surface area contributed by atoms with Crippen LogP contribution in [0.3, 0.4) is 0 Å². The van der Waals surface area contributed by atoms with Crippen molar-refractivity contribution in [3.05, 3.63) is 14.7 Å². The second-order valence-corrected chi connectivity index (χ2v) is 8.11. The first-order chi connectivity index (χ1) is 8.94. The highest BCUT2D eigenvalue weighted by atomic mass is 79.9. The predicted molar refractivity (Wildman–Crippen MR) is 79.4 cm³/mol. The number of nitrogens with one attached hydrogen (secondary N) is 1. The van der Waals surface area contributed by atoms with E-state index in [1.807, 2.05) is 0 Å². The van der Waals surface area contributed by atoms with E-state index in [0.29, 0.717) is 10.4 Å². The summed E-state index contributed by atoms with van der Waals surface area (Å²) < 4.78 is 37.3. The van der Waals surface area contributed by atoms with Gasteiger partial charge in [-0.3, -0.25) is 0 Å². The van der Waals surface area contributed by atoms with Crippen molar-refractivity contribution in [1.29, 1.82) is 0 Å². The topological polar surface area (TPSA) is 64.6 Å². The highest BCUT2D eigenvalue weighted by Gasteiger charge is 2.22. The first kappa shape index (κ1) is 17.4. The maximum Gasteiger partial charge on any atom is 0.242 e. The third-order valence-corrected chi connectivity index (χ3v) is 6.44. The lowest BCUT2D eigenvalue weighted by Crippen LogP contribution is -2.35. The van der Waals surface area contributed by atoms with Gasteiger partial charge in [-0.2, -0.15) is 0 Å². The Kier molecular flexibility index (Phi) is 7.23. The fourth-order valence-corrected chi connectivity index (χ4v) is 5.16. The van der Waals surface area contributed by atoms with Crippen LogP contribution in [0.1, 0.15) is 4.88 Å². The van der Waals surface area contributed by atoms with Gasteiger partial charge in [0, 0.05) is 25.6 Å². The van der Waals surface area contributed by atoms with E-state index in [4.69, 9.17) is 21.1 Å². The zero-order chi connectivity index (χ0) is 14.5. The van der Waals surface area contributed by atoms with E-state index in [0.717, 1.165) is 4.88 Å². The second-order valence-electron chi connectivity index (χ2n) is 3.65. The standard InChI is InChI=1S/C10H15BrClNO4S2/c1-16-6-7(17-2)5-13-19(14,15)9-3-8(4-12)18-10(9)11/h3,7,13H,4-6H2,1-2H3. The van der Waals surface area contributed by atoms with E-state index in [1.165, 1.54) is 25.6 Å². The van der Waals surface area contributed by atoms with Gasteiger partial charge in [-0.15, -0.1) is 22.9 Å². The van der Waals surface area contributed by atoms with E-state index in [2.05, 4.69) is 20.7 Å². The van der Waals surface area contributed by atoms with E-state index in [9.17, 15) is 8.42 Å². The van der Waals surface area contributed by atoms with Crippen LogP contribution in [0.2, 0.25) is 0 Å². The predicted octanol–water partition coefficient (Wildman–Crippen LogP) is 2.19. The molecular weight excluding hydrogens is 378 g/mol. The summed E-state index contributed by atoms with van der Waals surface area (Å²) in [5.74, 6) is 0.281. The summed E-state index contributed by atoms with van der Waals surface area (Å²) in [6.45, 7) is 0.460. The molecule has 1 aromatic rings. The average molecular weight is 393 g/mol. The van der Waals surface area contributed by atoms with Crippen LogP contribution in [0.4, 0.5) is 0 Å². The number of thiophene rings is 1. The molecule has 9 heteroatoms. The first-order valence-electron chi connectivity index (χ1n) is 5.30. The average Bonchev–Trinajstić information content (AvgIpc) is 2.76. The van der Waals surface area contributed by atoms with E-state index >= 15 is 0 Å². The SMILES string of the molecule is COCC(CNS(=O)(=O)c1cc(CCl)sc1Br)OC. The van der Waals surface area contributed by atoms with Gasteiger partial charge in [0.15, 0.2) is 0 Å². The Hall–Kier alpha value is 0.300. The van der Waals surface area contributed by atoms with Crippen molar-refractivity contribution in [3.8, 4) is 0 Å². The lowest BCUT2D eigenvalue weighted by Gasteiger charge is -2.14. The number of hydrogen-bond donors (Lipinski definition) is 1. The van der Waals surface area contributed by atoms with Crippen LogP contribution in [-0.4, -0.2) is 41.9 Å². The molecule has 0 bridgehead atoms. The number of halogens is 2. The molecule has 0 aliphatic rings. The molecule has 0 aromatic carbocycles. The lowest BCUT2D eigenvalue weighted by molar-refractivity contribution is 0.0320. The van der Waals surface area contributed by atoms with Crippen LogP contribution in [-0.2, 0) is 25.4 Å². The van der Waals surface area contributed by atoms with Gasteiger partial charge in [-0.1, -0.05) is 0 Å². The van der Waals surface area contributed by atoms with Crippen molar-refractivity contribution < 1.29 is 17.9 Å². The van der Waals surface area contributed by atoms with E-state index < -0.39 is 10.0 Å². The molecule has 19 heavy (non-hydrogen) atoms. The third-order valence-electron chi connectivity index (χ3n) is 2.31. The fourth-order valence-electron chi connectivity index (χ4n) is 1.32. The highest BCUT2D eigenvalue weighted by Crippen LogP contribution is 2.32. The Morgan fingerprint density at radius 3 is 2.68 bits per heavy atom. The minimum absolute atomic E-state index is 0.144. The third kappa shape index (κ3) is 4.96. The Labute approximate surface area is 130 Å². The molecule has 0 saturated carbocycles.